The van der Waals surface area contributed by atoms with Crippen LogP contribution in [0.15, 0.2) is 60.9 Å². The van der Waals surface area contributed by atoms with Gasteiger partial charge in [0.25, 0.3) is 0 Å². The minimum Gasteiger partial charge on any atom is -0.372 e. The Morgan fingerprint density at radius 1 is 1.02 bits per heavy atom. The molecule has 3 aliphatic rings. The first-order valence-electron chi connectivity index (χ1n) is 15.4. The van der Waals surface area contributed by atoms with E-state index in [4.69, 9.17) is 0 Å². The number of piperazine rings is 1. The van der Waals surface area contributed by atoms with Crippen LogP contribution in [-0.2, 0) is 16.1 Å². The Morgan fingerprint density at radius 3 is 2.52 bits per heavy atom. The van der Waals surface area contributed by atoms with E-state index in [0.717, 1.165) is 86.5 Å². The van der Waals surface area contributed by atoms with Crippen molar-refractivity contribution in [2.45, 2.75) is 57.7 Å². The van der Waals surface area contributed by atoms with E-state index in [1.807, 2.05) is 43.3 Å². The molecule has 3 aromatic rings. The van der Waals surface area contributed by atoms with Crippen molar-refractivity contribution in [2.24, 2.45) is 5.92 Å². The lowest BCUT2D eigenvalue weighted by Crippen LogP contribution is -2.55. The second-order valence-electron chi connectivity index (χ2n) is 12.5. The molecule has 1 aromatic heterocycles. The van der Waals surface area contributed by atoms with Crippen LogP contribution in [0.3, 0.4) is 0 Å². The molecule has 2 aliphatic heterocycles. The van der Waals surface area contributed by atoms with Crippen molar-refractivity contribution < 1.29 is 9.59 Å². The average molecular weight is 570 g/mol. The molecule has 2 saturated heterocycles. The maximum atomic E-state index is 13.9. The third kappa shape index (κ3) is 6.46. The highest BCUT2D eigenvalue weighted by Crippen LogP contribution is 2.33. The van der Waals surface area contributed by atoms with Crippen molar-refractivity contribution in [2.75, 3.05) is 49.5 Å². The van der Waals surface area contributed by atoms with Crippen molar-refractivity contribution >= 4 is 23.2 Å². The van der Waals surface area contributed by atoms with E-state index in [-0.39, 0.29) is 17.7 Å². The third-order valence-electron chi connectivity index (χ3n) is 8.79. The lowest BCUT2D eigenvalue weighted by molar-refractivity contribution is -0.137. The molecule has 1 aliphatic carbocycles. The molecule has 42 heavy (non-hydrogen) atoms. The van der Waals surface area contributed by atoms with E-state index in [0.29, 0.717) is 19.1 Å². The fraction of sp³-hybridized carbons (Fsp3) is 0.485. The zero-order chi connectivity index (χ0) is 29.1. The van der Waals surface area contributed by atoms with Gasteiger partial charge in [-0.15, -0.1) is 0 Å². The first-order chi connectivity index (χ1) is 20.4. The molecule has 1 atom stereocenters. The van der Waals surface area contributed by atoms with Gasteiger partial charge in [-0.1, -0.05) is 30.3 Å². The van der Waals surface area contributed by atoms with Crippen LogP contribution >= 0.6 is 0 Å². The van der Waals surface area contributed by atoms with Crippen LogP contribution < -0.4 is 15.5 Å². The summed E-state index contributed by atoms with van der Waals surface area (Å²) < 4.78 is 0. The van der Waals surface area contributed by atoms with Gasteiger partial charge >= 0.3 is 0 Å². The van der Waals surface area contributed by atoms with Crippen molar-refractivity contribution in [3.8, 4) is 11.1 Å². The molecule has 9 nitrogen and oxygen atoms in total. The van der Waals surface area contributed by atoms with E-state index in [2.05, 4.69) is 67.0 Å². The largest absolute Gasteiger partial charge is 0.372 e. The van der Waals surface area contributed by atoms with Crippen LogP contribution in [0.2, 0.25) is 0 Å². The topological polar surface area (TPSA) is 96.6 Å². The van der Waals surface area contributed by atoms with E-state index in [1.165, 1.54) is 0 Å². The maximum Gasteiger partial charge on any atom is 0.247 e. The Balaban J connectivity index is 1.10. The Hall–Kier alpha value is -3.85. The summed E-state index contributed by atoms with van der Waals surface area (Å²) in [5.74, 6) is 0.374. The lowest BCUT2D eigenvalue weighted by atomic mass is 9.95. The molecule has 222 valence electrons. The molecule has 1 saturated carbocycles. The van der Waals surface area contributed by atoms with E-state index in [9.17, 15) is 9.59 Å². The quantitative estimate of drug-likeness (QED) is 0.359. The molecule has 2 aromatic carbocycles. The van der Waals surface area contributed by atoms with Gasteiger partial charge in [0, 0.05) is 75.0 Å². The third-order valence-corrected chi connectivity index (χ3v) is 8.79. The molecule has 0 spiro atoms. The van der Waals surface area contributed by atoms with Crippen LogP contribution in [0.1, 0.15) is 45.1 Å². The van der Waals surface area contributed by atoms with Crippen molar-refractivity contribution in [3.63, 3.8) is 0 Å². The number of hydrogen-bond acceptors (Lipinski definition) is 6. The van der Waals surface area contributed by atoms with E-state index >= 15 is 0 Å². The van der Waals surface area contributed by atoms with Crippen LogP contribution in [0, 0.1) is 5.92 Å². The second kappa shape index (κ2) is 12.2. The summed E-state index contributed by atoms with van der Waals surface area (Å²) in [6.45, 7) is 9.35. The molecule has 3 N–H and O–H groups in total. The summed E-state index contributed by atoms with van der Waals surface area (Å²) >= 11 is 0. The molecule has 0 bridgehead atoms. The highest BCUT2D eigenvalue weighted by Gasteiger charge is 2.38. The summed E-state index contributed by atoms with van der Waals surface area (Å²) in [5, 5.41) is 13.7. The van der Waals surface area contributed by atoms with Gasteiger partial charge in [-0.2, -0.15) is 5.10 Å². The van der Waals surface area contributed by atoms with Crippen LogP contribution in [0.25, 0.3) is 11.1 Å². The normalized spacial score (nSPS) is 19.4. The van der Waals surface area contributed by atoms with Gasteiger partial charge in [-0.05, 0) is 68.9 Å². The van der Waals surface area contributed by atoms with E-state index in [1.54, 1.807) is 0 Å². The average Bonchev–Trinajstić information content (AvgIpc) is 3.72. The molecular weight excluding hydrogens is 526 g/mol. The molecule has 3 fully saturated rings. The number of carbonyl (C=O) groups is 2. The minimum atomic E-state index is -0.710. The number of amides is 2. The number of aromatic amines is 1. The lowest BCUT2D eigenvalue weighted by Gasteiger charge is -2.37. The Labute approximate surface area is 248 Å². The van der Waals surface area contributed by atoms with Gasteiger partial charge in [0.15, 0.2) is 0 Å². The standard InChI is InChI=1S/C33H43N7O2/c1-33(2,32(42)38-17-14-34-15-18-38)37-28-6-3-7-30(19-28)39-16-4-5-26(23-39)31(41)40(29-12-13-29)22-24-8-10-25(11-9-24)27-20-35-36-21-27/h3,6-11,19-21,26,29,34,37H,4-5,12-18,22-23H2,1-2H3,(H,35,36)/t26-/m1/s1. The van der Waals surface area contributed by atoms with Gasteiger partial charge < -0.3 is 25.3 Å². The van der Waals surface area contributed by atoms with Crippen LogP contribution in [0.4, 0.5) is 11.4 Å². The van der Waals surface area contributed by atoms with Gasteiger partial charge in [0.1, 0.15) is 5.54 Å². The van der Waals surface area contributed by atoms with Crippen molar-refractivity contribution in [1.29, 1.82) is 0 Å². The first kappa shape index (κ1) is 28.3. The molecule has 9 heteroatoms. The number of nitrogens with zero attached hydrogens (tertiary/aromatic N) is 4. The second-order valence-corrected chi connectivity index (χ2v) is 12.5. The fourth-order valence-corrected chi connectivity index (χ4v) is 6.29. The molecule has 0 unspecified atom stereocenters. The number of anilines is 2. The zero-order valence-corrected chi connectivity index (χ0v) is 24.8. The monoisotopic (exact) mass is 569 g/mol. The molecular formula is C33H43N7O2. The smallest absolute Gasteiger partial charge is 0.247 e. The highest BCUT2D eigenvalue weighted by molar-refractivity contribution is 5.89. The Morgan fingerprint density at radius 2 is 1.81 bits per heavy atom. The minimum absolute atomic E-state index is 0.0214. The number of hydrogen-bond donors (Lipinski definition) is 3. The van der Waals surface area contributed by atoms with Gasteiger partial charge in [-0.25, -0.2) is 0 Å². The Kier molecular flexibility index (Phi) is 8.20. The Bertz CT molecular complexity index is 1360. The summed E-state index contributed by atoms with van der Waals surface area (Å²) in [7, 11) is 0. The molecule has 6 rings (SSSR count). The number of piperidine rings is 1. The van der Waals surface area contributed by atoms with Crippen molar-refractivity contribution in [3.05, 3.63) is 66.5 Å². The number of carbonyl (C=O) groups excluding carboxylic acids is 2. The number of H-pyrrole nitrogens is 1. The molecule has 3 heterocycles. The predicted octanol–water partition coefficient (Wildman–Crippen LogP) is 4.11. The van der Waals surface area contributed by atoms with Crippen LogP contribution in [-0.4, -0.2) is 82.7 Å². The zero-order valence-electron chi connectivity index (χ0n) is 24.8. The SMILES string of the molecule is CC(C)(Nc1cccc(N2CCC[C@@H](C(=O)N(Cc3ccc(-c4cn[nH]c4)cc3)C3CC3)C2)c1)C(=O)N1CCNCC1. The number of aromatic nitrogens is 2. The molecule has 0 radical (unpaired) electrons. The van der Waals surface area contributed by atoms with Gasteiger partial charge in [-0.3, -0.25) is 14.7 Å². The number of rotatable bonds is 9. The summed E-state index contributed by atoms with van der Waals surface area (Å²) in [6, 6.07) is 17.1. The fourth-order valence-electron chi connectivity index (χ4n) is 6.29. The van der Waals surface area contributed by atoms with Crippen LogP contribution in [0.5, 0.6) is 0 Å². The summed E-state index contributed by atoms with van der Waals surface area (Å²) in [4.78, 5) is 33.6. The number of benzene rings is 2. The highest BCUT2D eigenvalue weighted by atomic mass is 16.2. The van der Waals surface area contributed by atoms with Gasteiger partial charge in [0.05, 0.1) is 12.1 Å². The predicted molar refractivity (Wildman–Crippen MR) is 166 cm³/mol. The summed E-state index contributed by atoms with van der Waals surface area (Å²) in [5.41, 5.74) is 4.65. The van der Waals surface area contributed by atoms with Crippen molar-refractivity contribution in [1.82, 2.24) is 25.3 Å². The number of nitrogens with one attached hydrogen (secondary N) is 3. The molecule has 2 amide bonds. The summed E-state index contributed by atoms with van der Waals surface area (Å²) in [6.07, 6.45) is 7.80. The van der Waals surface area contributed by atoms with Gasteiger partial charge in [0.2, 0.25) is 11.8 Å². The first-order valence-corrected chi connectivity index (χ1v) is 15.4. The maximum absolute atomic E-state index is 13.9. The van der Waals surface area contributed by atoms with E-state index < -0.39 is 5.54 Å².